The summed E-state index contributed by atoms with van der Waals surface area (Å²) in [5, 5.41) is 7.07. The maximum atomic E-state index is 5.27. The second kappa shape index (κ2) is 16.8. The van der Waals surface area contributed by atoms with Crippen LogP contribution in [0.2, 0.25) is 0 Å². The molecule has 0 bridgehead atoms. The molecule has 0 saturated carbocycles. The SMILES string of the molecule is C=c1c2sc3c(=C)n4c5cc(CCCCCCCCCCCC)sc5nc4c4ccc(c2c34)c2nc3sc(CCCCCCCCCCCC)cc3n12. The van der Waals surface area contributed by atoms with Gasteiger partial charge in [0.2, 0.25) is 0 Å². The molecule has 7 aromatic heterocycles. The van der Waals surface area contributed by atoms with E-state index in [1.54, 1.807) is 0 Å². The Hall–Kier alpha value is -3.00. The third-order valence-electron chi connectivity index (χ3n) is 11.8. The van der Waals surface area contributed by atoms with Gasteiger partial charge in [0.1, 0.15) is 21.0 Å². The van der Waals surface area contributed by atoms with Gasteiger partial charge in [-0.25, -0.2) is 9.97 Å². The van der Waals surface area contributed by atoms with Crippen LogP contribution in [0.15, 0.2) is 24.3 Å². The number of imidazole rings is 2. The van der Waals surface area contributed by atoms with E-state index < -0.39 is 0 Å². The lowest BCUT2D eigenvalue weighted by molar-refractivity contribution is 0.557. The topological polar surface area (TPSA) is 34.6 Å². The van der Waals surface area contributed by atoms with E-state index in [1.165, 1.54) is 180 Å². The fourth-order valence-corrected chi connectivity index (χ4v) is 12.2. The Morgan fingerprint density at radius 1 is 0.491 bits per heavy atom. The van der Waals surface area contributed by atoms with Gasteiger partial charge in [0.15, 0.2) is 0 Å². The lowest BCUT2D eigenvalue weighted by atomic mass is 10.0. The molecule has 0 amide bonds. The Labute approximate surface area is 327 Å². The summed E-state index contributed by atoms with van der Waals surface area (Å²) in [5.41, 5.74) is 4.49. The van der Waals surface area contributed by atoms with Crippen LogP contribution in [0, 0.1) is 0 Å². The second-order valence-corrected chi connectivity index (χ2v) is 19.0. The van der Waals surface area contributed by atoms with E-state index in [-0.39, 0.29) is 0 Å². The maximum absolute atomic E-state index is 5.27. The Balaban J connectivity index is 0.994. The minimum absolute atomic E-state index is 1.03. The lowest BCUT2D eigenvalue weighted by Crippen LogP contribution is -2.11. The summed E-state index contributed by atoms with van der Waals surface area (Å²) < 4.78 is 7.16. The molecule has 53 heavy (non-hydrogen) atoms. The van der Waals surface area contributed by atoms with Crippen molar-refractivity contribution in [3.63, 3.8) is 0 Å². The summed E-state index contributed by atoms with van der Waals surface area (Å²) in [4.78, 5) is 15.7. The van der Waals surface area contributed by atoms with Gasteiger partial charge in [-0.1, -0.05) is 143 Å². The predicted molar refractivity (Wildman–Crippen MR) is 238 cm³/mol. The highest BCUT2D eigenvalue weighted by atomic mass is 32.1. The summed E-state index contributed by atoms with van der Waals surface area (Å²) in [7, 11) is 0. The molecule has 0 aliphatic rings. The van der Waals surface area contributed by atoms with Gasteiger partial charge in [-0.3, -0.25) is 8.80 Å². The van der Waals surface area contributed by atoms with Crippen molar-refractivity contribution in [2.45, 2.75) is 155 Å². The molecule has 0 saturated heterocycles. The molecule has 1 aromatic carbocycles. The maximum Gasteiger partial charge on any atom is 0.147 e. The van der Waals surface area contributed by atoms with Crippen LogP contribution in [0.5, 0.6) is 0 Å². The highest BCUT2D eigenvalue weighted by molar-refractivity contribution is 7.26. The van der Waals surface area contributed by atoms with Crippen LogP contribution in [0.4, 0.5) is 0 Å². The Morgan fingerprint density at radius 2 is 0.849 bits per heavy atom. The van der Waals surface area contributed by atoms with Crippen LogP contribution in [0.3, 0.4) is 0 Å². The third kappa shape index (κ3) is 7.27. The first-order valence-corrected chi connectivity index (χ1v) is 23.6. The summed E-state index contributed by atoms with van der Waals surface area (Å²) >= 11 is 5.60. The smallest absolute Gasteiger partial charge is 0.147 e. The van der Waals surface area contributed by atoms with E-state index >= 15 is 0 Å². The number of rotatable bonds is 22. The van der Waals surface area contributed by atoms with Crippen molar-refractivity contribution < 1.29 is 0 Å². The van der Waals surface area contributed by atoms with E-state index in [4.69, 9.17) is 23.1 Å². The van der Waals surface area contributed by atoms with E-state index in [0.717, 1.165) is 44.5 Å². The molecule has 7 heteroatoms. The van der Waals surface area contributed by atoms with Crippen LogP contribution in [-0.4, -0.2) is 18.8 Å². The van der Waals surface area contributed by atoms with E-state index in [1.807, 2.05) is 34.0 Å². The Kier molecular flexibility index (Phi) is 11.7. The molecule has 0 radical (unpaired) electrons. The average Bonchev–Trinajstić information content (AvgIpc) is 3.97. The fraction of sp³-hybridized carbons (Fsp3) is 0.522. The molecule has 0 unspecified atom stereocenters. The molecule has 0 fully saturated rings. The van der Waals surface area contributed by atoms with Crippen LogP contribution >= 0.6 is 34.0 Å². The van der Waals surface area contributed by atoms with E-state index in [0.29, 0.717) is 0 Å². The lowest BCUT2D eigenvalue weighted by Gasteiger charge is -2.07. The number of unbranched alkanes of at least 4 members (excludes halogenated alkanes) is 18. The summed E-state index contributed by atoms with van der Waals surface area (Å²) in [6.45, 7) is 14.0. The predicted octanol–water partition coefficient (Wildman–Crippen LogP) is 14.1. The number of hydrogen-bond acceptors (Lipinski definition) is 5. The molecule has 0 N–H and O–H groups in total. The molecule has 7 heterocycles. The average molecular weight is 763 g/mol. The number of hydrogen-bond donors (Lipinski definition) is 0. The zero-order valence-corrected chi connectivity index (χ0v) is 34.7. The van der Waals surface area contributed by atoms with Gasteiger partial charge in [-0.05, 0) is 49.9 Å². The van der Waals surface area contributed by atoms with Crippen LogP contribution in [0.25, 0.3) is 76.1 Å². The molecular weight excluding hydrogens is 705 g/mol. The Bertz CT molecular complexity index is 2380. The van der Waals surface area contributed by atoms with Gasteiger partial charge < -0.3 is 0 Å². The van der Waals surface area contributed by atoms with E-state index in [2.05, 4.69) is 46.9 Å². The van der Waals surface area contributed by atoms with Crippen LogP contribution in [0.1, 0.15) is 152 Å². The molecule has 0 aliphatic carbocycles. The summed E-state index contributed by atoms with van der Waals surface area (Å²) in [5.74, 6) is 0. The molecule has 0 aliphatic heterocycles. The summed E-state index contributed by atoms with van der Waals surface area (Å²) in [6, 6.07) is 9.37. The van der Waals surface area contributed by atoms with Gasteiger partial charge in [0.05, 0.1) is 31.1 Å². The van der Waals surface area contributed by atoms with Crippen molar-refractivity contribution in [3.05, 3.63) is 44.7 Å². The Morgan fingerprint density at radius 3 is 1.23 bits per heavy atom. The molecule has 4 nitrogen and oxygen atoms in total. The number of aryl methyl sites for hydroxylation is 2. The van der Waals surface area contributed by atoms with Gasteiger partial charge in [0, 0.05) is 31.3 Å². The normalized spacial score (nSPS) is 12.6. The monoisotopic (exact) mass is 762 g/mol. The van der Waals surface area contributed by atoms with Crippen molar-refractivity contribution >= 4 is 110 Å². The number of fused-ring (bicyclic) bond motifs is 8. The van der Waals surface area contributed by atoms with Gasteiger partial charge in [-0.15, -0.1) is 34.0 Å². The van der Waals surface area contributed by atoms with Crippen LogP contribution in [-0.2, 0) is 12.8 Å². The molecule has 8 aromatic rings. The number of aromatic nitrogens is 4. The van der Waals surface area contributed by atoms with Crippen molar-refractivity contribution in [1.82, 2.24) is 18.8 Å². The van der Waals surface area contributed by atoms with Gasteiger partial charge >= 0.3 is 0 Å². The first-order valence-electron chi connectivity index (χ1n) is 21.1. The second-order valence-electron chi connectivity index (χ2n) is 15.8. The molecule has 0 spiro atoms. The first kappa shape index (κ1) is 36.9. The zero-order valence-electron chi connectivity index (χ0n) is 32.3. The highest BCUT2D eigenvalue weighted by Gasteiger charge is 2.23. The number of thiophene rings is 3. The fourth-order valence-electron chi connectivity index (χ4n) is 8.83. The van der Waals surface area contributed by atoms with Gasteiger partial charge in [0.25, 0.3) is 0 Å². The van der Waals surface area contributed by atoms with Crippen LogP contribution < -0.4 is 10.7 Å². The quantitative estimate of drug-likeness (QED) is 0.0509. The minimum Gasteiger partial charge on any atom is -0.291 e. The number of nitrogens with zero attached hydrogens (tertiary/aromatic N) is 4. The molecule has 280 valence electrons. The largest absolute Gasteiger partial charge is 0.291 e. The minimum atomic E-state index is 1.03. The molecule has 8 rings (SSSR count). The number of pyridine rings is 2. The van der Waals surface area contributed by atoms with Crippen molar-refractivity contribution in [3.8, 4) is 0 Å². The van der Waals surface area contributed by atoms with Crippen molar-refractivity contribution in [1.29, 1.82) is 0 Å². The standard InChI is InChI=1S/C46H58N4S3/c1-5-7-9-11-13-15-17-19-21-23-25-33-29-37-45(51-33)47-43-35-27-28-36-40-39(35)41(31(3)49(37)43)53-42(40)32(4)50-38-30-34(52-46(38)48-44(36)50)26-24-22-20-18-16-14-12-10-8-6-2/h27-30H,3-26H2,1-2H3. The molecule has 0 atom stereocenters. The number of benzene rings is 1. The highest BCUT2D eigenvalue weighted by Crippen LogP contribution is 2.42. The third-order valence-corrected chi connectivity index (χ3v) is 15.2. The summed E-state index contributed by atoms with van der Waals surface area (Å²) in [6.07, 6.45) is 29.8. The van der Waals surface area contributed by atoms with Gasteiger partial charge in [-0.2, -0.15) is 0 Å². The van der Waals surface area contributed by atoms with E-state index in [9.17, 15) is 0 Å². The van der Waals surface area contributed by atoms with Crippen molar-refractivity contribution in [2.75, 3.05) is 0 Å². The first-order chi connectivity index (χ1) is 26.1. The zero-order chi connectivity index (χ0) is 36.3. The van der Waals surface area contributed by atoms with Crippen molar-refractivity contribution in [2.24, 2.45) is 0 Å². The molecular formula is C46H58N4S3.